The maximum Gasteiger partial charge on any atom is 0.185 e. The molecule has 1 radical (unpaired) electrons. The zero-order valence-electron chi connectivity index (χ0n) is 7.92. The molecule has 75 valence electrons. The molecule has 1 aromatic carbocycles. The maximum absolute atomic E-state index is 6.91. The summed E-state index contributed by atoms with van der Waals surface area (Å²) in [4.78, 5) is 0. The SMILES string of the molecule is [CH2]c1ccc(OCCNC(=N)N)cc1. The summed E-state index contributed by atoms with van der Waals surface area (Å²) < 4.78 is 5.37. The molecule has 1 aromatic rings. The Labute approximate surface area is 83.6 Å². The highest BCUT2D eigenvalue weighted by Gasteiger charge is 1.92. The van der Waals surface area contributed by atoms with E-state index in [1.807, 2.05) is 24.3 Å². The van der Waals surface area contributed by atoms with Gasteiger partial charge in [0.2, 0.25) is 0 Å². The molecule has 0 aromatic heterocycles. The molecule has 0 aliphatic rings. The Balaban J connectivity index is 2.25. The highest BCUT2D eigenvalue weighted by atomic mass is 16.5. The molecule has 4 heteroatoms. The van der Waals surface area contributed by atoms with Crippen molar-refractivity contribution in [3.05, 3.63) is 36.8 Å². The highest BCUT2D eigenvalue weighted by Crippen LogP contribution is 2.10. The molecular weight excluding hydrogens is 178 g/mol. The van der Waals surface area contributed by atoms with Crippen LogP contribution in [0.25, 0.3) is 0 Å². The minimum absolute atomic E-state index is 0.0401. The molecule has 4 nitrogen and oxygen atoms in total. The van der Waals surface area contributed by atoms with Crippen molar-refractivity contribution in [2.45, 2.75) is 0 Å². The molecule has 4 N–H and O–H groups in total. The third kappa shape index (κ3) is 3.80. The number of hydrogen-bond donors (Lipinski definition) is 3. The second-order valence-electron chi connectivity index (χ2n) is 2.83. The molecule has 0 aliphatic heterocycles. The van der Waals surface area contributed by atoms with Gasteiger partial charge in [-0.25, -0.2) is 0 Å². The molecule has 0 saturated carbocycles. The van der Waals surface area contributed by atoms with Crippen LogP contribution in [0.15, 0.2) is 24.3 Å². The normalized spacial score (nSPS) is 9.50. The fraction of sp³-hybridized carbons (Fsp3) is 0.200. The van der Waals surface area contributed by atoms with Crippen LogP contribution in [0.4, 0.5) is 0 Å². The topological polar surface area (TPSA) is 71.1 Å². The van der Waals surface area contributed by atoms with Crippen molar-refractivity contribution in [1.82, 2.24) is 5.32 Å². The molecule has 0 aliphatic carbocycles. The number of rotatable bonds is 4. The van der Waals surface area contributed by atoms with E-state index in [1.165, 1.54) is 0 Å². The average Bonchev–Trinajstić information content (AvgIpc) is 2.15. The summed E-state index contributed by atoms with van der Waals surface area (Å²) in [6.45, 7) is 4.78. The lowest BCUT2D eigenvalue weighted by molar-refractivity contribution is 0.322. The van der Waals surface area contributed by atoms with Crippen LogP contribution in [-0.2, 0) is 0 Å². The van der Waals surface area contributed by atoms with E-state index in [0.29, 0.717) is 13.2 Å². The van der Waals surface area contributed by atoms with Crippen molar-refractivity contribution in [3.8, 4) is 5.75 Å². The van der Waals surface area contributed by atoms with Gasteiger partial charge in [0.05, 0.1) is 6.54 Å². The third-order valence-electron chi connectivity index (χ3n) is 1.61. The first kappa shape index (κ1) is 10.4. The van der Waals surface area contributed by atoms with E-state index >= 15 is 0 Å². The monoisotopic (exact) mass is 192 g/mol. The quantitative estimate of drug-likeness (QED) is 0.374. The van der Waals surface area contributed by atoms with Gasteiger partial charge in [0, 0.05) is 0 Å². The van der Waals surface area contributed by atoms with E-state index in [-0.39, 0.29) is 5.96 Å². The van der Waals surface area contributed by atoms with Crippen LogP contribution >= 0.6 is 0 Å². The Morgan fingerprint density at radius 3 is 2.64 bits per heavy atom. The lowest BCUT2D eigenvalue weighted by Gasteiger charge is -2.06. The number of benzene rings is 1. The smallest absolute Gasteiger partial charge is 0.185 e. The van der Waals surface area contributed by atoms with Gasteiger partial charge in [-0.1, -0.05) is 12.1 Å². The largest absolute Gasteiger partial charge is 0.492 e. The molecule has 0 saturated heterocycles. The Bertz CT molecular complexity index is 295. The highest BCUT2D eigenvalue weighted by molar-refractivity contribution is 5.74. The van der Waals surface area contributed by atoms with Gasteiger partial charge in [-0.05, 0) is 24.6 Å². The zero-order valence-corrected chi connectivity index (χ0v) is 7.92. The fourth-order valence-corrected chi connectivity index (χ4v) is 0.940. The Morgan fingerprint density at radius 2 is 2.07 bits per heavy atom. The van der Waals surface area contributed by atoms with Gasteiger partial charge < -0.3 is 15.8 Å². The average molecular weight is 192 g/mol. The standard InChI is InChI=1S/C10H14N3O/c1-8-2-4-9(5-3-8)14-7-6-13-10(11)12/h2-5H,1,6-7H2,(H4,11,12,13). The van der Waals surface area contributed by atoms with Gasteiger partial charge in [0.1, 0.15) is 12.4 Å². The van der Waals surface area contributed by atoms with Gasteiger partial charge in [-0.3, -0.25) is 5.41 Å². The lowest BCUT2D eigenvalue weighted by Crippen LogP contribution is -2.33. The fourth-order valence-electron chi connectivity index (χ4n) is 0.940. The number of hydrogen-bond acceptors (Lipinski definition) is 2. The molecule has 1 rings (SSSR count). The summed E-state index contributed by atoms with van der Waals surface area (Å²) in [5.74, 6) is 0.754. The zero-order chi connectivity index (χ0) is 10.4. The summed E-state index contributed by atoms with van der Waals surface area (Å²) in [6, 6.07) is 7.48. The Morgan fingerprint density at radius 1 is 1.43 bits per heavy atom. The summed E-state index contributed by atoms with van der Waals surface area (Å²) in [5.41, 5.74) is 6.06. The number of guanidine groups is 1. The molecule has 0 amide bonds. The van der Waals surface area contributed by atoms with E-state index in [1.54, 1.807) is 0 Å². The van der Waals surface area contributed by atoms with Crippen LogP contribution in [0.3, 0.4) is 0 Å². The molecule has 0 atom stereocenters. The summed E-state index contributed by atoms with van der Waals surface area (Å²) in [5, 5.41) is 9.56. The van der Waals surface area contributed by atoms with Crippen LogP contribution in [-0.4, -0.2) is 19.1 Å². The van der Waals surface area contributed by atoms with Crippen molar-refractivity contribution in [1.29, 1.82) is 5.41 Å². The van der Waals surface area contributed by atoms with Crippen molar-refractivity contribution in [2.75, 3.05) is 13.2 Å². The Kier molecular flexibility index (Phi) is 3.79. The first-order valence-corrected chi connectivity index (χ1v) is 4.31. The number of nitrogens with two attached hydrogens (primary N) is 1. The van der Waals surface area contributed by atoms with Crippen LogP contribution < -0.4 is 15.8 Å². The van der Waals surface area contributed by atoms with Crippen molar-refractivity contribution < 1.29 is 4.74 Å². The molecule has 0 bridgehead atoms. The molecule has 14 heavy (non-hydrogen) atoms. The van der Waals surface area contributed by atoms with E-state index in [9.17, 15) is 0 Å². The van der Waals surface area contributed by atoms with E-state index in [2.05, 4.69) is 12.2 Å². The lowest BCUT2D eigenvalue weighted by atomic mass is 10.2. The molecule has 0 spiro atoms. The molecular formula is C10H14N3O. The van der Waals surface area contributed by atoms with E-state index in [4.69, 9.17) is 15.9 Å². The summed E-state index contributed by atoms with van der Waals surface area (Å²) in [7, 11) is 0. The Hall–Kier alpha value is -1.71. The third-order valence-corrected chi connectivity index (χ3v) is 1.61. The van der Waals surface area contributed by atoms with Gasteiger partial charge in [-0.15, -0.1) is 0 Å². The van der Waals surface area contributed by atoms with Crippen molar-refractivity contribution in [2.24, 2.45) is 5.73 Å². The van der Waals surface area contributed by atoms with E-state index in [0.717, 1.165) is 11.3 Å². The van der Waals surface area contributed by atoms with Crippen LogP contribution in [0.5, 0.6) is 5.75 Å². The molecule has 0 heterocycles. The van der Waals surface area contributed by atoms with Crippen LogP contribution in [0.1, 0.15) is 5.56 Å². The van der Waals surface area contributed by atoms with Gasteiger partial charge in [0.15, 0.2) is 5.96 Å². The summed E-state index contributed by atoms with van der Waals surface area (Å²) >= 11 is 0. The van der Waals surface area contributed by atoms with Gasteiger partial charge in [0.25, 0.3) is 0 Å². The van der Waals surface area contributed by atoms with Gasteiger partial charge >= 0.3 is 0 Å². The molecule has 0 fully saturated rings. The van der Waals surface area contributed by atoms with Crippen molar-refractivity contribution >= 4 is 5.96 Å². The van der Waals surface area contributed by atoms with Crippen molar-refractivity contribution in [3.63, 3.8) is 0 Å². The predicted molar refractivity (Wildman–Crippen MR) is 56.3 cm³/mol. The summed E-state index contributed by atoms with van der Waals surface area (Å²) in [6.07, 6.45) is 0. The minimum atomic E-state index is -0.0401. The second kappa shape index (κ2) is 5.11. The second-order valence-corrected chi connectivity index (χ2v) is 2.83. The minimum Gasteiger partial charge on any atom is -0.492 e. The van der Waals surface area contributed by atoms with Crippen LogP contribution in [0, 0.1) is 12.3 Å². The van der Waals surface area contributed by atoms with E-state index < -0.39 is 0 Å². The number of nitrogens with one attached hydrogen (secondary N) is 2. The predicted octanol–water partition coefficient (Wildman–Crippen LogP) is 0.731. The van der Waals surface area contributed by atoms with Gasteiger partial charge in [-0.2, -0.15) is 0 Å². The first-order valence-electron chi connectivity index (χ1n) is 4.31. The molecule has 0 unspecified atom stereocenters. The first-order chi connectivity index (χ1) is 6.68. The number of ether oxygens (including phenoxy) is 1. The van der Waals surface area contributed by atoms with Crippen LogP contribution in [0.2, 0.25) is 0 Å². The maximum atomic E-state index is 6.91.